The van der Waals surface area contributed by atoms with Gasteiger partial charge in [0.05, 0.1) is 6.10 Å². The van der Waals surface area contributed by atoms with Crippen molar-refractivity contribution in [2.45, 2.75) is 50.5 Å². The van der Waals surface area contributed by atoms with Crippen LogP contribution in [-0.4, -0.2) is 34.8 Å². The Kier molecular flexibility index (Phi) is 4.05. The minimum absolute atomic E-state index is 0.115. The fourth-order valence-corrected chi connectivity index (χ4v) is 2.91. The fourth-order valence-electron chi connectivity index (χ4n) is 2.91. The van der Waals surface area contributed by atoms with E-state index in [0.717, 1.165) is 43.3 Å². The molecule has 0 bridgehead atoms. The van der Waals surface area contributed by atoms with E-state index < -0.39 is 0 Å². The third-order valence-electron chi connectivity index (χ3n) is 4.27. The standard InChI is InChI=1S/C15H24N4O/c1-16-13-8-14(19-15(18-13)11-5-6-11)17-9-10-3-2-4-12(20)7-10/h8,10-12,20H,2-7,9H2,1H3,(H2,16,17,18,19). The lowest BCUT2D eigenvalue weighted by molar-refractivity contribution is 0.104. The molecule has 110 valence electrons. The van der Waals surface area contributed by atoms with Gasteiger partial charge in [0.25, 0.3) is 0 Å². The summed E-state index contributed by atoms with van der Waals surface area (Å²) in [5.74, 6) is 3.86. The maximum Gasteiger partial charge on any atom is 0.136 e. The molecule has 2 aliphatic rings. The van der Waals surface area contributed by atoms with Crippen LogP contribution in [0.2, 0.25) is 0 Å². The van der Waals surface area contributed by atoms with Gasteiger partial charge >= 0.3 is 0 Å². The molecule has 2 saturated carbocycles. The number of nitrogens with zero attached hydrogens (tertiary/aromatic N) is 2. The second-order valence-electron chi connectivity index (χ2n) is 6.09. The first kappa shape index (κ1) is 13.6. The van der Waals surface area contributed by atoms with Gasteiger partial charge in [-0.3, -0.25) is 0 Å². The van der Waals surface area contributed by atoms with Crippen molar-refractivity contribution < 1.29 is 5.11 Å². The number of nitrogens with one attached hydrogen (secondary N) is 2. The van der Waals surface area contributed by atoms with Crippen LogP contribution in [0.25, 0.3) is 0 Å². The SMILES string of the molecule is CNc1cc(NCC2CCCC(O)C2)nc(C2CC2)n1. The van der Waals surface area contributed by atoms with E-state index >= 15 is 0 Å². The van der Waals surface area contributed by atoms with Crippen LogP contribution >= 0.6 is 0 Å². The van der Waals surface area contributed by atoms with Crippen LogP contribution in [0.4, 0.5) is 11.6 Å². The molecule has 2 aliphatic carbocycles. The van der Waals surface area contributed by atoms with E-state index in [2.05, 4.69) is 20.6 Å². The smallest absolute Gasteiger partial charge is 0.136 e. The summed E-state index contributed by atoms with van der Waals surface area (Å²) in [6.45, 7) is 0.890. The van der Waals surface area contributed by atoms with Gasteiger partial charge in [0.15, 0.2) is 0 Å². The topological polar surface area (TPSA) is 70.1 Å². The summed E-state index contributed by atoms with van der Waals surface area (Å²) >= 11 is 0. The molecule has 3 N–H and O–H groups in total. The van der Waals surface area contributed by atoms with Gasteiger partial charge in [-0.05, 0) is 38.0 Å². The molecule has 0 spiro atoms. The quantitative estimate of drug-likeness (QED) is 0.770. The van der Waals surface area contributed by atoms with E-state index in [9.17, 15) is 5.11 Å². The second-order valence-corrected chi connectivity index (χ2v) is 6.09. The van der Waals surface area contributed by atoms with Crippen molar-refractivity contribution in [1.82, 2.24) is 9.97 Å². The molecule has 0 amide bonds. The Balaban J connectivity index is 1.62. The molecule has 20 heavy (non-hydrogen) atoms. The molecular weight excluding hydrogens is 252 g/mol. The summed E-state index contributed by atoms with van der Waals surface area (Å²) in [5.41, 5.74) is 0. The Morgan fingerprint density at radius 2 is 2.00 bits per heavy atom. The van der Waals surface area contributed by atoms with Crippen LogP contribution in [0.1, 0.15) is 50.3 Å². The van der Waals surface area contributed by atoms with Crippen molar-refractivity contribution in [2.24, 2.45) is 5.92 Å². The summed E-state index contributed by atoms with van der Waals surface area (Å²) < 4.78 is 0. The lowest BCUT2D eigenvalue weighted by Crippen LogP contribution is -2.25. The van der Waals surface area contributed by atoms with Crippen LogP contribution < -0.4 is 10.6 Å². The highest BCUT2D eigenvalue weighted by Crippen LogP contribution is 2.38. The molecule has 3 rings (SSSR count). The van der Waals surface area contributed by atoms with E-state index in [-0.39, 0.29) is 6.10 Å². The first-order valence-electron chi connectivity index (χ1n) is 7.73. The van der Waals surface area contributed by atoms with Crippen LogP contribution in [0.15, 0.2) is 6.07 Å². The highest BCUT2D eigenvalue weighted by Gasteiger charge is 2.27. The molecule has 2 fully saturated rings. The highest BCUT2D eigenvalue weighted by atomic mass is 16.3. The average molecular weight is 276 g/mol. The number of aliphatic hydroxyl groups excluding tert-OH is 1. The Labute approximate surface area is 120 Å². The van der Waals surface area contributed by atoms with Gasteiger partial charge in [0.1, 0.15) is 17.5 Å². The molecule has 5 nitrogen and oxygen atoms in total. The van der Waals surface area contributed by atoms with E-state index in [0.29, 0.717) is 11.8 Å². The van der Waals surface area contributed by atoms with Crippen LogP contribution in [0, 0.1) is 5.92 Å². The summed E-state index contributed by atoms with van der Waals surface area (Å²) in [7, 11) is 1.89. The van der Waals surface area contributed by atoms with Gasteiger partial charge < -0.3 is 15.7 Å². The third kappa shape index (κ3) is 3.39. The molecule has 0 radical (unpaired) electrons. The van der Waals surface area contributed by atoms with Crippen LogP contribution in [0.5, 0.6) is 0 Å². The zero-order chi connectivity index (χ0) is 13.9. The number of aromatic nitrogens is 2. The number of rotatable bonds is 5. The molecule has 2 unspecified atom stereocenters. The Morgan fingerprint density at radius 1 is 1.20 bits per heavy atom. The van der Waals surface area contributed by atoms with E-state index in [1.54, 1.807) is 0 Å². The number of aliphatic hydroxyl groups is 1. The Hall–Kier alpha value is -1.36. The monoisotopic (exact) mass is 276 g/mol. The Morgan fingerprint density at radius 3 is 2.70 bits per heavy atom. The predicted octanol–water partition coefficient (Wildman–Crippen LogP) is 2.36. The molecule has 1 aromatic rings. The van der Waals surface area contributed by atoms with Gasteiger partial charge in [-0.1, -0.05) is 6.42 Å². The van der Waals surface area contributed by atoms with Crippen molar-refractivity contribution >= 4 is 11.6 Å². The van der Waals surface area contributed by atoms with Gasteiger partial charge in [-0.2, -0.15) is 0 Å². The lowest BCUT2D eigenvalue weighted by Gasteiger charge is -2.26. The number of hydrogen-bond acceptors (Lipinski definition) is 5. The van der Waals surface area contributed by atoms with Gasteiger partial charge in [-0.25, -0.2) is 9.97 Å². The molecule has 0 saturated heterocycles. The molecule has 5 heteroatoms. The summed E-state index contributed by atoms with van der Waals surface area (Å²) in [5, 5.41) is 16.3. The van der Waals surface area contributed by atoms with Crippen LogP contribution in [-0.2, 0) is 0 Å². The molecule has 1 heterocycles. The molecule has 0 aliphatic heterocycles. The zero-order valence-electron chi connectivity index (χ0n) is 12.1. The van der Waals surface area contributed by atoms with E-state index in [4.69, 9.17) is 0 Å². The largest absolute Gasteiger partial charge is 0.393 e. The van der Waals surface area contributed by atoms with Crippen molar-refractivity contribution in [1.29, 1.82) is 0 Å². The number of hydrogen-bond donors (Lipinski definition) is 3. The molecule has 0 aromatic carbocycles. The van der Waals surface area contributed by atoms with Crippen molar-refractivity contribution in [3.8, 4) is 0 Å². The summed E-state index contributed by atoms with van der Waals surface area (Å²) in [6, 6.07) is 1.96. The maximum absolute atomic E-state index is 9.72. The van der Waals surface area contributed by atoms with Gasteiger partial charge in [0.2, 0.25) is 0 Å². The third-order valence-corrected chi connectivity index (χ3v) is 4.27. The Bertz CT molecular complexity index is 461. The fraction of sp³-hybridized carbons (Fsp3) is 0.733. The molecular formula is C15H24N4O. The lowest BCUT2D eigenvalue weighted by atomic mass is 9.87. The zero-order valence-corrected chi connectivity index (χ0v) is 12.1. The minimum Gasteiger partial charge on any atom is -0.393 e. The molecule has 1 aromatic heterocycles. The minimum atomic E-state index is -0.115. The van der Waals surface area contributed by atoms with Crippen molar-refractivity contribution in [3.05, 3.63) is 11.9 Å². The second kappa shape index (κ2) is 5.95. The van der Waals surface area contributed by atoms with E-state index in [1.165, 1.54) is 19.3 Å². The predicted molar refractivity (Wildman–Crippen MR) is 80.0 cm³/mol. The first-order chi connectivity index (χ1) is 9.74. The maximum atomic E-state index is 9.72. The van der Waals surface area contributed by atoms with Gasteiger partial charge in [-0.15, -0.1) is 0 Å². The highest BCUT2D eigenvalue weighted by molar-refractivity contribution is 5.47. The van der Waals surface area contributed by atoms with Crippen molar-refractivity contribution in [2.75, 3.05) is 24.2 Å². The van der Waals surface area contributed by atoms with E-state index in [1.807, 2.05) is 13.1 Å². The first-order valence-corrected chi connectivity index (χ1v) is 7.73. The summed E-state index contributed by atoms with van der Waals surface area (Å²) in [6.07, 6.45) is 6.50. The average Bonchev–Trinajstić information content (AvgIpc) is 3.29. The van der Waals surface area contributed by atoms with Gasteiger partial charge in [0, 0.05) is 25.6 Å². The number of anilines is 2. The normalized spacial score (nSPS) is 26.3. The van der Waals surface area contributed by atoms with Crippen molar-refractivity contribution in [3.63, 3.8) is 0 Å². The summed E-state index contributed by atoms with van der Waals surface area (Å²) in [4.78, 5) is 9.14. The van der Waals surface area contributed by atoms with Crippen LogP contribution in [0.3, 0.4) is 0 Å². The molecule has 2 atom stereocenters.